The molecule has 1 aliphatic rings. The largest absolute Gasteiger partial charge is 0.397 e. The van der Waals surface area contributed by atoms with E-state index in [2.05, 4.69) is 0 Å². The predicted octanol–water partition coefficient (Wildman–Crippen LogP) is 2.98. The molecule has 1 aromatic carbocycles. The van der Waals surface area contributed by atoms with Crippen LogP contribution in [0.2, 0.25) is 5.02 Å². The molecule has 3 rings (SSSR count). The van der Waals surface area contributed by atoms with E-state index in [0.717, 1.165) is 10.1 Å². The second kappa shape index (κ2) is 5.48. The van der Waals surface area contributed by atoms with Gasteiger partial charge in [-0.25, -0.2) is 0 Å². The molecular weight excluding hydrogens is 308 g/mol. The van der Waals surface area contributed by atoms with Crippen molar-refractivity contribution in [3.63, 3.8) is 0 Å². The Morgan fingerprint density at radius 2 is 2.29 bits per heavy atom. The van der Waals surface area contributed by atoms with Crippen LogP contribution in [-0.4, -0.2) is 35.1 Å². The molecule has 0 spiro atoms. The van der Waals surface area contributed by atoms with Crippen molar-refractivity contribution in [2.24, 2.45) is 5.92 Å². The van der Waals surface area contributed by atoms with Crippen molar-refractivity contribution < 1.29 is 9.90 Å². The van der Waals surface area contributed by atoms with Crippen molar-refractivity contribution in [1.29, 1.82) is 0 Å². The van der Waals surface area contributed by atoms with Gasteiger partial charge in [-0.05, 0) is 30.5 Å². The van der Waals surface area contributed by atoms with Crippen molar-refractivity contribution in [1.82, 2.24) is 4.90 Å². The Morgan fingerprint density at radius 1 is 1.52 bits per heavy atom. The van der Waals surface area contributed by atoms with Gasteiger partial charge in [-0.3, -0.25) is 4.79 Å². The first-order chi connectivity index (χ1) is 9.97. The van der Waals surface area contributed by atoms with E-state index in [4.69, 9.17) is 17.3 Å². The van der Waals surface area contributed by atoms with Crippen LogP contribution >= 0.6 is 22.9 Å². The fraction of sp³-hybridized carbons (Fsp3) is 0.400. The van der Waals surface area contributed by atoms with Gasteiger partial charge in [0.15, 0.2) is 0 Å². The molecule has 0 radical (unpaired) electrons. The lowest BCUT2D eigenvalue weighted by Gasteiger charge is -2.34. The Bertz CT molecular complexity index is 700. The number of amides is 1. The number of hydrogen-bond acceptors (Lipinski definition) is 4. The third kappa shape index (κ3) is 2.61. The number of halogens is 1. The molecule has 2 unspecified atom stereocenters. The molecule has 1 aliphatic heterocycles. The first-order valence-electron chi connectivity index (χ1n) is 6.92. The summed E-state index contributed by atoms with van der Waals surface area (Å²) in [7, 11) is 0. The average Bonchev–Trinajstić information content (AvgIpc) is 2.78. The lowest BCUT2D eigenvalue weighted by molar-refractivity contribution is 0.0301. The number of nitrogens with two attached hydrogens (primary N) is 1. The summed E-state index contributed by atoms with van der Waals surface area (Å²) in [5.41, 5.74) is 6.63. The minimum Gasteiger partial charge on any atom is -0.397 e. The van der Waals surface area contributed by atoms with E-state index >= 15 is 0 Å². The minimum absolute atomic E-state index is 0.0522. The molecule has 1 saturated heterocycles. The van der Waals surface area contributed by atoms with Crippen LogP contribution in [-0.2, 0) is 0 Å². The maximum Gasteiger partial charge on any atom is 0.266 e. The van der Waals surface area contributed by atoms with E-state index in [-0.39, 0.29) is 17.9 Å². The van der Waals surface area contributed by atoms with E-state index < -0.39 is 0 Å². The summed E-state index contributed by atoms with van der Waals surface area (Å²) in [5, 5.41) is 11.2. The zero-order valence-electron chi connectivity index (χ0n) is 11.7. The summed E-state index contributed by atoms with van der Waals surface area (Å²) in [6.07, 6.45) is 0.288. The maximum absolute atomic E-state index is 12.7. The number of aliphatic hydroxyl groups excluding tert-OH is 1. The fourth-order valence-electron chi connectivity index (χ4n) is 2.71. The first-order valence-corrected chi connectivity index (χ1v) is 8.11. The van der Waals surface area contributed by atoms with Gasteiger partial charge in [0.1, 0.15) is 4.88 Å². The van der Waals surface area contributed by atoms with E-state index in [0.29, 0.717) is 35.1 Å². The second-order valence-corrected chi connectivity index (χ2v) is 7.06. The Hall–Kier alpha value is -1.30. The van der Waals surface area contributed by atoms with E-state index in [1.165, 1.54) is 11.3 Å². The summed E-state index contributed by atoms with van der Waals surface area (Å²) < 4.78 is 0.963. The van der Waals surface area contributed by atoms with Crippen molar-refractivity contribution in [2.45, 2.75) is 19.4 Å². The molecule has 0 bridgehead atoms. The Kier molecular flexibility index (Phi) is 3.82. The van der Waals surface area contributed by atoms with Crippen LogP contribution in [0.15, 0.2) is 18.2 Å². The minimum atomic E-state index is -0.326. The number of rotatable bonds is 1. The van der Waals surface area contributed by atoms with Gasteiger partial charge in [0.25, 0.3) is 5.91 Å². The molecule has 1 fully saturated rings. The standard InChI is InChI=1S/C15H17ClN2O2S/c1-8-7-18(5-4-11(8)19)15(20)14-13(17)10-6-9(16)2-3-12(10)21-14/h2-3,6,8,11,19H,4-5,7,17H2,1H3. The smallest absolute Gasteiger partial charge is 0.266 e. The molecular formula is C15H17ClN2O2S. The highest BCUT2D eigenvalue weighted by molar-refractivity contribution is 7.21. The SMILES string of the molecule is CC1CN(C(=O)c2sc3ccc(Cl)cc3c2N)CCC1O. The van der Waals surface area contributed by atoms with Crippen LogP contribution < -0.4 is 5.73 Å². The quantitative estimate of drug-likeness (QED) is 0.847. The number of hydrogen-bond donors (Lipinski definition) is 2. The van der Waals surface area contributed by atoms with Crippen LogP contribution in [0.5, 0.6) is 0 Å². The van der Waals surface area contributed by atoms with Gasteiger partial charge in [-0.15, -0.1) is 11.3 Å². The van der Waals surface area contributed by atoms with Crippen LogP contribution in [0, 0.1) is 5.92 Å². The number of nitrogens with zero attached hydrogens (tertiary/aromatic N) is 1. The zero-order valence-corrected chi connectivity index (χ0v) is 13.2. The van der Waals surface area contributed by atoms with Crippen LogP contribution in [0.1, 0.15) is 23.0 Å². The molecule has 1 amide bonds. The van der Waals surface area contributed by atoms with Gasteiger partial charge in [0.2, 0.25) is 0 Å². The van der Waals surface area contributed by atoms with Crippen molar-refractivity contribution in [3.05, 3.63) is 28.1 Å². The van der Waals surface area contributed by atoms with Crippen molar-refractivity contribution in [2.75, 3.05) is 18.8 Å². The van der Waals surface area contributed by atoms with E-state index in [1.807, 2.05) is 13.0 Å². The van der Waals surface area contributed by atoms with E-state index in [9.17, 15) is 9.90 Å². The number of carbonyl (C=O) groups excluding carboxylic acids is 1. The average molecular weight is 325 g/mol. The van der Waals surface area contributed by atoms with Crippen molar-refractivity contribution in [3.8, 4) is 0 Å². The Balaban J connectivity index is 1.93. The maximum atomic E-state index is 12.7. The second-order valence-electron chi connectivity index (χ2n) is 5.57. The molecule has 1 aromatic heterocycles. The van der Waals surface area contributed by atoms with Crippen LogP contribution in [0.25, 0.3) is 10.1 Å². The van der Waals surface area contributed by atoms with Gasteiger partial charge in [-0.1, -0.05) is 18.5 Å². The molecule has 0 saturated carbocycles. The van der Waals surface area contributed by atoms with Gasteiger partial charge in [-0.2, -0.15) is 0 Å². The number of aliphatic hydroxyl groups is 1. The number of likely N-dealkylation sites (tertiary alicyclic amines) is 1. The molecule has 2 atom stereocenters. The number of thiophene rings is 1. The number of carbonyl (C=O) groups is 1. The summed E-state index contributed by atoms with van der Waals surface area (Å²) in [6, 6.07) is 5.48. The number of nitrogen functional groups attached to an aromatic ring is 1. The van der Waals surface area contributed by atoms with Crippen LogP contribution in [0.4, 0.5) is 5.69 Å². The highest BCUT2D eigenvalue weighted by atomic mass is 35.5. The fourth-order valence-corrected chi connectivity index (χ4v) is 3.95. The highest BCUT2D eigenvalue weighted by Gasteiger charge is 2.29. The zero-order chi connectivity index (χ0) is 15.1. The third-order valence-electron chi connectivity index (χ3n) is 4.03. The topological polar surface area (TPSA) is 66.6 Å². The first kappa shape index (κ1) is 14.6. The van der Waals surface area contributed by atoms with Crippen LogP contribution in [0.3, 0.4) is 0 Å². The molecule has 6 heteroatoms. The molecule has 2 aromatic rings. The number of benzene rings is 1. The van der Waals surface area contributed by atoms with E-state index in [1.54, 1.807) is 17.0 Å². The summed E-state index contributed by atoms with van der Waals surface area (Å²) in [6.45, 7) is 3.09. The normalized spacial score (nSPS) is 22.7. The molecule has 4 nitrogen and oxygen atoms in total. The lowest BCUT2D eigenvalue weighted by Crippen LogP contribution is -2.44. The molecule has 2 heterocycles. The predicted molar refractivity (Wildman–Crippen MR) is 86.9 cm³/mol. The summed E-state index contributed by atoms with van der Waals surface area (Å²) in [5.74, 6) is 0.0383. The monoisotopic (exact) mass is 324 g/mol. The molecule has 0 aliphatic carbocycles. The van der Waals surface area contributed by atoms with Crippen molar-refractivity contribution >= 4 is 44.6 Å². The number of anilines is 1. The van der Waals surface area contributed by atoms with Gasteiger partial charge in [0, 0.05) is 28.2 Å². The highest BCUT2D eigenvalue weighted by Crippen LogP contribution is 2.36. The third-order valence-corrected chi connectivity index (χ3v) is 5.44. The molecule has 21 heavy (non-hydrogen) atoms. The summed E-state index contributed by atoms with van der Waals surface area (Å²) in [4.78, 5) is 15.0. The summed E-state index contributed by atoms with van der Waals surface area (Å²) >= 11 is 7.39. The Morgan fingerprint density at radius 3 is 3.00 bits per heavy atom. The molecule has 112 valence electrons. The van der Waals surface area contributed by atoms with Gasteiger partial charge >= 0.3 is 0 Å². The van der Waals surface area contributed by atoms with Gasteiger partial charge in [0.05, 0.1) is 11.8 Å². The molecule has 3 N–H and O–H groups in total. The van der Waals surface area contributed by atoms with Gasteiger partial charge < -0.3 is 15.7 Å². The lowest BCUT2D eigenvalue weighted by atomic mass is 9.96. The number of fused-ring (bicyclic) bond motifs is 1. The number of piperidine rings is 1. The Labute approximate surface area is 132 Å².